The molecule has 0 N–H and O–H groups in total. The van der Waals surface area contributed by atoms with Crippen LogP contribution in [0, 0.1) is 11.3 Å². The number of fused-ring (bicyclic) bond motifs is 3. The number of nitrogens with zero attached hydrogens (tertiary/aromatic N) is 2. The molecule has 1 aliphatic heterocycles. The van der Waals surface area contributed by atoms with Gasteiger partial charge in [0, 0.05) is 28.8 Å². The minimum atomic E-state index is -3.96. The van der Waals surface area contributed by atoms with Crippen molar-refractivity contribution in [2.45, 2.75) is 49.9 Å². The fraction of sp³-hybridized carbons (Fsp3) is 0.324. The quantitative estimate of drug-likeness (QED) is 0.198. The fourth-order valence-electron chi connectivity index (χ4n) is 6.50. The second kappa shape index (κ2) is 12.6. The van der Waals surface area contributed by atoms with Crippen molar-refractivity contribution in [1.29, 1.82) is 5.26 Å². The van der Waals surface area contributed by atoms with Crippen LogP contribution in [0.25, 0.3) is 21.6 Å². The summed E-state index contributed by atoms with van der Waals surface area (Å²) in [7, 11) is -3.96. The number of carbonyl (C=O) groups excluding carboxylic acids is 2. The maximum Gasteiger partial charge on any atom is 0.409 e. The Morgan fingerprint density at radius 1 is 0.936 bits per heavy atom. The summed E-state index contributed by atoms with van der Waals surface area (Å²) in [6.07, 6.45) is -0.954. The first kappa shape index (κ1) is 32.5. The van der Waals surface area contributed by atoms with Crippen molar-refractivity contribution in [2.24, 2.45) is 0 Å². The molecule has 1 aliphatic carbocycles. The van der Waals surface area contributed by atoms with Gasteiger partial charge in [0.25, 0.3) is 0 Å². The molecule has 0 spiro atoms. The van der Waals surface area contributed by atoms with Gasteiger partial charge in [0.1, 0.15) is 17.0 Å². The van der Waals surface area contributed by atoms with Gasteiger partial charge in [0.05, 0.1) is 23.8 Å². The zero-order valence-electron chi connectivity index (χ0n) is 26.6. The van der Waals surface area contributed by atoms with Gasteiger partial charge in [-0.1, -0.05) is 60.7 Å². The number of esters is 1. The molecule has 2 heterocycles. The minimum Gasteiger partial charge on any atom is -0.460 e. The Bertz CT molecular complexity index is 1920. The number of rotatable bonds is 6. The van der Waals surface area contributed by atoms with E-state index in [4.69, 9.17) is 9.47 Å². The number of benzene rings is 3. The molecule has 1 aromatic heterocycles. The molecule has 0 bridgehead atoms. The van der Waals surface area contributed by atoms with Gasteiger partial charge in [-0.25, -0.2) is 13.2 Å². The summed E-state index contributed by atoms with van der Waals surface area (Å²) < 4.78 is 38.4. The Labute approximate surface area is 279 Å². The average Bonchev–Trinajstić information content (AvgIpc) is 3.63. The van der Waals surface area contributed by atoms with Gasteiger partial charge in [-0.15, -0.1) is 11.3 Å². The molecule has 1 fully saturated rings. The van der Waals surface area contributed by atoms with Crippen LogP contribution in [0.15, 0.2) is 84.9 Å². The molecule has 3 aromatic carbocycles. The molecule has 0 radical (unpaired) electrons. The van der Waals surface area contributed by atoms with Crippen LogP contribution in [0.3, 0.4) is 0 Å². The number of nitriles is 1. The van der Waals surface area contributed by atoms with Crippen molar-refractivity contribution < 1.29 is 27.5 Å². The highest BCUT2D eigenvalue weighted by molar-refractivity contribution is 7.92. The highest BCUT2D eigenvalue weighted by Crippen LogP contribution is 2.47. The van der Waals surface area contributed by atoms with E-state index in [0.717, 1.165) is 32.7 Å². The highest BCUT2D eigenvalue weighted by atomic mass is 32.2. The van der Waals surface area contributed by atoms with Crippen LogP contribution in [0.2, 0.25) is 0 Å². The third kappa shape index (κ3) is 6.42. The van der Waals surface area contributed by atoms with Gasteiger partial charge in [-0.2, -0.15) is 5.26 Å². The van der Waals surface area contributed by atoms with E-state index in [-0.39, 0.29) is 44.2 Å². The maximum absolute atomic E-state index is 14.2. The number of sulfone groups is 1. The Morgan fingerprint density at radius 2 is 1.57 bits per heavy atom. The summed E-state index contributed by atoms with van der Waals surface area (Å²) in [6, 6.07) is 28.9. The monoisotopic (exact) mass is 668 g/mol. The molecule has 1 saturated heterocycles. The molecule has 242 valence electrons. The van der Waals surface area contributed by atoms with E-state index < -0.39 is 32.2 Å². The first-order valence-electron chi connectivity index (χ1n) is 15.6. The lowest BCUT2D eigenvalue weighted by Gasteiger charge is -2.31. The van der Waals surface area contributed by atoms with E-state index >= 15 is 0 Å². The van der Waals surface area contributed by atoms with Gasteiger partial charge in [0.2, 0.25) is 0 Å². The Balaban J connectivity index is 1.26. The summed E-state index contributed by atoms with van der Waals surface area (Å²) in [5.41, 5.74) is 4.97. The first-order chi connectivity index (χ1) is 22.4. The number of amides is 1. The van der Waals surface area contributed by atoms with Crippen molar-refractivity contribution in [3.8, 4) is 27.6 Å². The Morgan fingerprint density at radius 3 is 2.19 bits per heavy atom. The van der Waals surface area contributed by atoms with E-state index in [1.165, 1.54) is 16.2 Å². The van der Waals surface area contributed by atoms with Gasteiger partial charge in [0.15, 0.2) is 9.84 Å². The second-order valence-corrected chi connectivity index (χ2v) is 16.5. The third-order valence-corrected chi connectivity index (χ3v) is 12.8. The molecule has 8 nitrogen and oxygen atoms in total. The van der Waals surface area contributed by atoms with Crippen LogP contribution in [-0.2, 0) is 28.9 Å². The predicted octanol–water partition coefficient (Wildman–Crippen LogP) is 7.28. The molecular formula is C37H36N2O6S2. The molecule has 1 atom stereocenters. The zero-order valence-corrected chi connectivity index (χ0v) is 28.2. The van der Waals surface area contributed by atoms with Crippen LogP contribution in [0.1, 0.15) is 61.1 Å². The summed E-state index contributed by atoms with van der Waals surface area (Å²) in [5.74, 6) is -1.08. The SMILES string of the molecule is CC(C)(C)OC(=O)CC1(c2ccc(-c3ccc(C#N)cc3)s2)CCN(C(=O)OCC2c3ccccc3-c3ccccc32)CCS1(=O)=O. The highest BCUT2D eigenvalue weighted by Gasteiger charge is 2.51. The van der Waals surface area contributed by atoms with Crippen molar-refractivity contribution in [1.82, 2.24) is 4.90 Å². The van der Waals surface area contributed by atoms with Gasteiger partial charge < -0.3 is 14.4 Å². The molecule has 10 heteroatoms. The van der Waals surface area contributed by atoms with E-state index in [0.29, 0.717) is 10.4 Å². The largest absolute Gasteiger partial charge is 0.460 e. The average molecular weight is 669 g/mol. The smallest absolute Gasteiger partial charge is 0.409 e. The van der Waals surface area contributed by atoms with Gasteiger partial charge >= 0.3 is 12.1 Å². The number of carbonyl (C=O) groups is 2. The second-order valence-electron chi connectivity index (χ2n) is 13.0. The normalized spacial score (nSPS) is 18.8. The summed E-state index contributed by atoms with van der Waals surface area (Å²) >= 11 is 1.30. The number of ether oxygens (including phenoxy) is 2. The van der Waals surface area contributed by atoms with Crippen LogP contribution < -0.4 is 0 Å². The Kier molecular flexibility index (Phi) is 8.72. The zero-order chi connectivity index (χ0) is 33.4. The van der Waals surface area contributed by atoms with Crippen LogP contribution in [0.5, 0.6) is 0 Å². The van der Waals surface area contributed by atoms with Crippen LogP contribution in [-0.4, -0.2) is 56.4 Å². The van der Waals surface area contributed by atoms with E-state index in [1.54, 1.807) is 39.0 Å². The van der Waals surface area contributed by atoms with Crippen molar-refractivity contribution in [3.63, 3.8) is 0 Å². The minimum absolute atomic E-state index is 0.00605. The molecule has 6 rings (SSSR count). The summed E-state index contributed by atoms with van der Waals surface area (Å²) in [5, 5.41) is 9.19. The van der Waals surface area contributed by atoms with E-state index in [9.17, 15) is 23.3 Å². The lowest BCUT2D eigenvalue weighted by Crippen LogP contribution is -2.40. The molecule has 47 heavy (non-hydrogen) atoms. The molecule has 1 amide bonds. The molecule has 0 saturated carbocycles. The molecular weight excluding hydrogens is 633 g/mol. The number of hydrogen-bond donors (Lipinski definition) is 0. The Hall–Kier alpha value is -4.46. The van der Waals surface area contributed by atoms with Crippen molar-refractivity contribution in [3.05, 3.63) is 106 Å². The fourth-order valence-corrected chi connectivity index (χ4v) is 10.1. The predicted molar refractivity (Wildman–Crippen MR) is 182 cm³/mol. The van der Waals surface area contributed by atoms with Crippen LogP contribution >= 0.6 is 11.3 Å². The van der Waals surface area contributed by atoms with Crippen molar-refractivity contribution >= 4 is 33.2 Å². The van der Waals surface area contributed by atoms with E-state index in [1.807, 2.05) is 54.6 Å². The summed E-state index contributed by atoms with van der Waals surface area (Å²) in [6.45, 7) is 5.38. The lowest BCUT2D eigenvalue weighted by atomic mass is 9.97. The molecule has 4 aromatic rings. The maximum atomic E-state index is 14.2. The van der Waals surface area contributed by atoms with E-state index in [2.05, 4.69) is 18.2 Å². The first-order valence-corrected chi connectivity index (χ1v) is 18.0. The van der Waals surface area contributed by atoms with Crippen LogP contribution in [0.4, 0.5) is 4.79 Å². The van der Waals surface area contributed by atoms with Gasteiger partial charge in [-0.3, -0.25) is 4.79 Å². The number of hydrogen-bond acceptors (Lipinski definition) is 8. The topological polar surface area (TPSA) is 114 Å². The van der Waals surface area contributed by atoms with Crippen molar-refractivity contribution in [2.75, 3.05) is 25.4 Å². The lowest BCUT2D eigenvalue weighted by molar-refractivity contribution is -0.155. The standard InChI is InChI=1S/C37H36N2O6S2/c1-36(2,3)45-34(40)22-37(33-17-16-32(46-33)26-14-12-25(23-38)13-15-26)18-19-39(20-21-47(37,42)43)35(41)44-24-31-29-10-6-4-8-27(29)28-9-5-7-11-30(28)31/h4-17,31H,18-22,24H2,1-3H3. The molecule has 1 unspecified atom stereocenters. The summed E-state index contributed by atoms with van der Waals surface area (Å²) in [4.78, 5) is 29.6. The number of thiophene rings is 1. The molecule has 2 aliphatic rings. The van der Waals surface area contributed by atoms with Gasteiger partial charge in [-0.05, 0) is 79.3 Å². The third-order valence-electron chi connectivity index (χ3n) is 8.81.